The number of rotatable bonds is 15. The van der Waals surface area contributed by atoms with Crippen molar-refractivity contribution in [1.29, 1.82) is 0 Å². The number of carbonyl (C=O) groups is 4. The minimum absolute atomic E-state index is 0.0518. The lowest BCUT2D eigenvalue weighted by molar-refractivity contribution is -0.150. The number of likely N-dealkylation sites (tertiary alicyclic amines) is 1. The number of anilines is 1. The molecule has 3 saturated heterocycles. The Morgan fingerprint density at radius 3 is 2.28 bits per heavy atom. The molecule has 400 valence electrons. The van der Waals surface area contributed by atoms with Crippen LogP contribution in [0.4, 0.5) is 5.69 Å². The van der Waals surface area contributed by atoms with E-state index in [-0.39, 0.29) is 30.8 Å². The highest BCUT2D eigenvalue weighted by Crippen LogP contribution is 2.33. The molecule has 5 heterocycles. The molecule has 2 aromatic heterocycles. The Balaban J connectivity index is 0.814. The number of β-amino-alcohol motifs (C(OH)–C–C–N with tert-alkyl or cyclic N) is 1. The number of piperazine rings is 1. The fourth-order valence-corrected chi connectivity index (χ4v) is 12.4. The zero-order chi connectivity index (χ0) is 53.8. The number of halogens is 1. The van der Waals surface area contributed by atoms with Crippen LogP contribution < -0.4 is 20.3 Å². The summed E-state index contributed by atoms with van der Waals surface area (Å²) in [4.78, 5) is 77.7. The fraction of sp³-hybridized carbons (Fsp3) is 0.473. The Morgan fingerprint density at radius 1 is 0.920 bits per heavy atom. The van der Waals surface area contributed by atoms with Gasteiger partial charge >= 0.3 is 11.8 Å². The molecule has 0 radical (unpaired) electrons. The van der Waals surface area contributed by atoms with Crippen LogP contribution in [0.3, 0.4) is 0 Å². The topological polar surface area (TPSA) is 208 Å². The number of amides is 4. The second kappa shape index (κ2) is 23.5. The van der Waals surface area contributed by atoms with Crippen LogP contribution >= 0.6 is 22.9 Å². The van der Waals surface area contributed by atoms with Crippen molar-refractivity contribution in [3.63, 3.8) is 0 Å². The van der Waals surface area contributed by atoms with E-state index in [9.17, 15) is 32.7 Å². The minimum atomic E-state index is -3.52. The maximum absolute atomic E-state index is 14.2. The van der Waals surface area contributed by atoms with E-state index in [4.69, 9.17) is 21.3 Å². The van der Waals surface area contributed by atoms with Gasteiger partial charge in [-0.15, -0.1) is 11.3 Å². The minimum Gasteiger partial charge on any atom is -0.496 e. The number of thiazole rings is 1. The number of aryl methyl sites for hydroxylation is 1. The summed E-state index contributed by atoms with van der Waals surface area (Å²) in [5, 5.41) is 16.1. The van der Waals surface area contributed by atoms with Crippen LogP contribution in [0.25, 0.3) is 10.4 Å². The number of aliphatic hydroxyl groups is 1. The monoisotopic (exact) mass is 1080 g/mol. The highest BCUT2D eigenvalue weighted by Gasteiger charge is 2.45. The van der Waals surface area contributed by atoms with E-state index in [0.29, 0.717) is 66.5 Å². The number of piperidine rings is 1. The molecule has 20 heteroatoms. The lowest BCUT2D eigenvalue weighted by atomic mass is 9.85. The smallest absolute Gasteiger partial charge is 0.311 e. The van der Waals surface area contributed by atoms with Gasteiger partial charge in [-0.25, -0.2) is 23.4 Å². The molecule has 3 N–H and O–H groups in total. The van der Waals surface area contributed by atoms with Gasteiger partial charge in [0.15, 0.2) is 9.84 Å². The molecule has 8 rings (SSSR count). The third kappa shape index (κ3) is 12.8. The van der Waals surface area contributed by atoms with Gasteiger partial charge in [-0.3, -0.25) is 24.1 Å². The molecule has 0 unspecified atom stereocenters. The molecule has 17 nitrogen and oxygen atoms in total. The van der Waals surface area contributed by atoms with Gasteiger partial charge in [0.05, 0.1) is 50.2 Å². The number of nitrogens with zero attached hydrogens (tertiary/aromatic N) is 7. The summed E-state index contributed by atoms with van der Waals surface area (Å²) >= 11 is 8.13. The van der Waals surface area contributed by atoms with Crippen molar-refractivity contribution in [3.05, 3.63) is 117 Å². The third-order valence-corrected chi connectivity index (χ3v) is 18.1. The van der Waals surface area contributed by atoms with Crippen molar-refractivity contribution in [2.75, 3.05) is 57.8 Å². The lowest BCUT2D eigenvalue weighted by Gasteiger charge is -2.43. The molecule has 0 saturated carbocycles. The molecule has 4 amide bonds. The molecule has 75 heavy (non-hydrogen) atoms. The number of hydrogen-bond acceptors (Lipinski definition) is 14. The SMILES string of the molecule is COc1cc(N2CCC(N3CCN(C(=O)C(=O)N[C@H](C(=O)N4C[C@H](O)C[C@H]4C(=O)NCc4ccc(-c5scnc5C)cc4)C(C)(C)C)CC3)CC2)ccc1Cc1ncc(Cl)c(Cc2ccccc2S(=O)(=O)C(C)C)n1. The van der Waals surface area contributed by atoms with E-state index in [0.717, 1.165) is 58.9 Å². The zero-order valence-corrected chi connectivity index (χ0v) is 46.1. The Labute approximate surface area is 449 Å². The van der Waals surface area contributed by atoms with Crippen molar-refractivity contribution < 1.29 is 37.4 Å². The van der Waals surface area contributed by atoms with Gasteiger partial charge < -0.3 is 35.2 Å². The molecule has 3 aromatic carbocycles. The molecule has 3 atom stereocenters. The number of nitrogens with one attached hydrogen (secondary N) is 2. The Bertz CT molecular complexity index is 2990. The van der Waals surface area contributed by atoms with Crippen LogP contribution in [0, 0.1) is 12.3 Å². The maximum atomic E-state index is 14.2. The van der Waals surface area contributed by atoms with Crippen molar-refractivity contribution in [2.24, 2.45) is 5.41 Å². The van der Waals surface area contributed by atoms with E-state index in [1.807, 2.05) is 49.4 Å². The predicted molar refractivity (Wildman–Crippen MR) is 289 cm³/mol. The van der Waals surface area contributed by atoms with Crippen LogP contribution in [-0.2, 0) is 48.4 Å². The standard InChI is InChI=1S/C55H68ClN9O8S2/c1-34(2)75(71,72)47-11-9-8-10-39(47)26-44-43(56)31-57-48(60-44)27-38-16-17-41(28-46(38)73-7)62-20-18-40(19-21-62)63-22-24-64(25-23-63)54(70)52(68)61-50(55(4,5)6)53(69)65-32-42(66)29-45(65)51(67)58-30-36-12-14-37(15-13-36)49-35(3)59-33-74-49/h8-17,28,31,33-34,40,42,45,50,66H,18-27,29-30,32H2,1-7H3,(H,58,67)(H,61,68)/t42-,45+,50-/m1/s1. The largest absolute Gasteiger partial charge is 0.496 e. The molecule has 3 fully saturated rings. The van der Waals surface area contributed by atoms with Crippen LogP contribution in [-0.4, -0.2) is 149 Å². The van der Waals surface area contributed by atoms with Crippen LogP contribution in [0.15, 0.2) is 83.3 Å². The fourth-order valence-electron chi connectivity index (χ4n) is 10.2. The van der Waals surface area contributed by atoms with E-state index < -0.39 is 62.3 Å². The number of methoxy groups -OCH3 is 1. The summed E-state index contributed by atoms with van der Waals surface area (Å²) < 4.78 is 32.1. The number of aromatic nitrogens is 3. The van der Waals surface area contributed by atoms with Crippen molar-refractivity contribution in [3.8, 4) is 16.2 Å². The summed E-state index contributed by atoms with van der Waals surface area (Å²) in [6, 6.07) is 19.1. The number of ether oxygens (including phenoxy) is 1. The van der Waals surface area contributed by atoms with E-state index in [1.165, 1.54) is 9.80 Å². The predicted octanol–water partition coefficient (Wildman–Crippen LogP) is 5.86. The number of aliphatic hydroxyl groups excluding tert-OH is 1. The first-order chi connectivity index (χ1) is 35.7. The van der Waals surface area contributed by atoms with Gasteiger partial charge in [0.25, 0.3) is 0 Å². The number of sulfone groups is 1. The van der Waals surface area contributed by atoms with E-state index in [2.05, 4.69) is 36.5 Å². The summed E-state index contributed by atoms with van der Waals surface area (Å²) in [5.74, 6) is -1.30. The van der Waals surface area contributed by atoms with E-state index >= 15 is 0 Å². The first-order valence-electron chi connectivity index (χ1n) is 25.5. The van der Waals surface area contributed by atoms with Crippen LogP contribution in [0.1, 0.15) is 87.8 Å². The summed E-state index contributed by atoms with van der Waals surface area (Å²) in [6.07, 6.45) is 3.11. The number of carbonyl (C=O) groups excluding carboxylic acids is 4. The first kappa shape index (κ1) is 55.2. The third-order valence-electron chi connectivity index (χ3n) is 14.6. The molecule has 3 aliphatic rings. The Kier molecular flexibility index (Phi) is 17.3. The summed E-state index contributed by atoms with van der Waals surface area (Å²) in [6.45, 7) is 14.4. The average molecular weight is 1080 g/mol. The van der Waals surface area contributed by atoms with Crippen molar-refractivity contribution >= 4 is 62.1 Å². The lowest BCUT2D eigenvalue weighted by Crippen LogP contribution is -2.61. The van der Waals surface area contributed by atoms with Crippen molar-refractivity contribution in [1.82, 2.24) is 40.3 Å². The zero-order valence-electron chi connectivity index (χ0n) is 43.7. The van der Waals surface area contributed by atoms with Gasteiger partial charge in [-0.2, -0.15) is 0 Å². The quantitative estimate of drug-likeness (QED) is 0.105. The molecule has 0 spiro atoms. The number of hydrogen-bond donors (Lipinski definition) is 3. The highest BCUT2D eigenvalue weighted by molar-refractivity contribution is 7.92. The average Bonchev–Trinajstić information content (AvgIpc) is 4.02. The van der Waals surface area contributed by atoms with Gasteiger partial charge in [-0.05, 0) is 67.9 Å². The first-order valence-corrected chi connectivity index (χ1v) is 28.4. The maximum Gasteiger partial charge on any atom is 0.311 e. The van der Waals surface area contributed by atoms with Gasteiger partial charge in [0.2, 0.25) is 11.8 Å². The normalized spacial score (nSPS) is 18.3. The molecule has 0 aliphatic carbocycles. The second-order valence-electron chi connectivity index (χ2n) is 21.0. The van der Waals surface area contributed by atoms with Crippen LogP contribution in [0.2, 0.25) is 5.02 Å². The van der Waals surface area contributed by atoms with E-state index in [1.54, 1.807) is 83.0 Å². The Hall–Kier alpha value is -5.99. The second-order valence-corrected chi connectivity index (χ2v) is 24.8. The molecular weight excluding hydrogens is 1010 g/mol. The van der Waals surface area contributed by atoms with Gasteiger partial charge in [-0.1, -0.05) is 80.9 Å². The van der Waals surface area contributed by atoms with Crippen molar-refractivity contribution in [2.45, 2.75) is 115 Å². The van der Waals surface area contributed by atoms with Crippen LogP contribution in [0.5, 0.6) is 5.75 Å². The highest BCUT2D eigenvalue weighted by atomic mass is 35.5. The molecule has 5 aromatic rings. The molecule has 3 aliphatic heterocycles. The summed E-state index contributed by atoms with van der Waals surface area (Å²) in [5.41, 5.74) is 6.93. The number of benzene rings is 3. The van der Waals surface area contributed by atoms with Gasteiger partial charge in [0, 0.05) is 101 Å². The van der Waals surface area contributed by atoms with Gasteiger partial charge in [0.1, 0.15) is 23.7 Å². The summed E-state index contributed by atoms with van der Waals surface area (Å²) in [7, 11) is -1.88. The molecular formula is C55H68ClN9O8S2. The molecule has 0 bridgehead atoms. The Morgan fingerprint density at radius 2 is 1.63 bits per heavy atom.